The van der Waals surface area contributed by atoms with Gasteiger partial charge >= 0.3 is 5.69 Å². The van der Waals surface area contributed by atoms with E-state index in [9.17, 15) is 9.59 Å². The quantitative estimate of drug-likeness (QED) is 0.610. The molecule has 2 N–H and O–H groups in total. The summed E-state index contributed by atoms with van der Waals surface area (Å²) in [6, 6.07) is 20.0. The molecule has 0 saturated carbocycles. The van der Waals surface area contributed by atoms with Crippen molar-refractivity contribution in [3.05, 3.63) is 87.7 Å². The van der Waals surface area contributed by atoms with E-state index in [0.29, 0.717) is 11.0 Å². The maximum Gasteiger partial charge on any atom is 0.416 e. The van der Waals surface area contributed by atoms with Gasteiger partial charge in [-0.05, 0) is 36.6 Å². The van der Waals surface area contributed by atoms with Gasteiger partial charge in [-0.3, -0.25) is 9.78 Å². The third kappa shape index (κ3) is 2.97. The minimum atomic E-state index is -0.407. The van der Waals surface area contributed by atoms with E-state index in [1.54, 1.807) is 10.8 Å². The number of fused-ring (bicyclic) bond motifs is 1. The molecule has 0 spiro atoms. The van der Waals surface area contributed by atoms with Crippen molar-refractivity contribution in [2.24, 2.45) is 0 Å². The molecular formula is C22H20N3O2+. The molecule has 5 heteroatoms. The summed E-state index contributed by atoms with van der Waals surface area (Å²) in [6.45, 7) is 3.82. The summed E-state index contributed by atoms with van der Waals surface area (Å²) in [7, 11) is 0. The van der Waals surface area contributed by atoms with Crippen molar-refractivity contribution in [2.45, 2.75) is 19.9 Å². The molecule has 0 amide bonds. The van der Waals surface area contributed by atoms with Gasteiger partial charge in [0.25, 0.3) is 11.2 Å². The van der Waals surface area contributed by atoms with Crippen molar-refractivity contribution >= 4 is 11.0 Å². The van der Waals surface area contributed by atoms with Crippen LogP contribution in [0.3, 0.4) is 0 Å². The lowest BCUT2D eigenvalue weighted by Crippen LogP contribution is -2.34. The van der Waals surface area contributed by atoms with Crippen LogP contribution in [0.4, 0.5) is 0 Å². The Hall–Kier alpha value is -3.47. The Bertz CT molecular complexity index is 1220. The van der Waals surface area contributed by atoms with Crippen LogP contribution in [0.5, 0.6) is 0 Å². The van der Waals surface area contributed by atoms with Crippen molar-refractivity contribution < 1.29 is 4.98 Å². The van der Waals surface area contributed by atoms with E-state index >= 15 is 0 Å². The van der Waals surface area contributed by atoms with E-state index in [2.05, 4.69) is 22.1 Å². The van der Waals surface area contributed by atoms with Crippen LogP contribution >= 0.6 is 0 Å². The van der Waals surface area contributed by atoms with Gasteiger partial charge in [-0.15, -0.1) is 0 Å². The molecule has 0 bridgehead atoms. The van der Waals surface area contributed by atoms with Gasteiger partial charge in [-0.1, -0.05) is 54.6 Å². The predicted molar refractivity (Wildman–Crippen MR) is 107 cm³/mol. The molecule has 0 aliphatic carbocycles. The molecule has 27 heavy (non-hydrogen) atoms. The summed E-state index contributed by atoms with van der Waals surface area (Å²) >= 11 is 0. The second kappa shape index (κ2) is 6.68. The molecule has 4 rings (SSSR count). The van der Waals surface area contributed by atoms with Gasteiger partial charge in [0.1, 0.15) is 11.4 Å². The number of nitrogens with zero attached hydrogens (tertiary/aromatic N) is 1. The Labute approximate surface area is 156 Å². The third-order valence-corrected chi connectivity index (χ3v) is 4.70. The molecule has 0 atom stereocenters. The number of H-pyrrole nitrogens is 2. The van der Waals surface area contributed by atoms with Crippen LogP contribution in [0.2, 0.25) is 0 Å². The van der Waals surface area contributed by atoms with E-state index in [1.807, 2.05) is 62.4 Å². The van der Waals surface area contributed by atoms with Crippen LogP contribution in [0.1, 0.15) is 19.9 Å². The molecular weight excluding hydrogens is 338 g/mol. The Kier molecular flexibility index (Phi) is 4.20. The lowest BCUT2D eigenvalue weighted by Gasteiger charge is -2.09. The highest BCUT2D eigenvalue weighted by Gasteiger charge is 2.21. The van der Waals surface area contributed by atoms with Gasteiger partial charge in [-0.25, -0.2) is 9.78 Å². The minimum Gasteiger partial charge on any atom is -0.268 e. The Balaban J connectivity index is 1.91. The molecule has 0 radical (unpaired) electrons. The van der Waals surface area contributed by atoms with Crippen molar-refractivity contribution in [3.63, 3.8) is 0 Å². The second-order valence-corrected chi connectivity index (χ2v) is 6.78. The normalized spacial score (nSPS) is 11.2. The van der Waals surface area contributed by atoms with Crippen LogP contribution in [-0.2, 0) is 0 Å². The van der Waals surface area contributed by atoms with E-state index < -0.39 is 5.69 Å². The number of nitrogens with one attached hydrogen (secondary N) is 2. The number of benzene rings is 2. The first kappa shape index (κ1) is 17.0. The zero-order valence-electron chi connectivity index (χ0n) is 15.2. The van der Waals surface area contributed by atoms with Crippen LogP contribution in [0, 0.1) is 0 Å². The molecule has 0 unspecified atom stereocenters. The highest BCUT2D eigenvalue weighted by molar-refractivity contribution is 5.90. The summed E-state index contributed by atoms with van der Waals surface area (Å²) in [5, 5.41) is 0.485. The zero-order valence-corrected chi connectivity index (χ0v) is 15.2. The standard InChI is InChI=1S/C22H19N3O2/c1-14(2)25-20-19(21(26)24-22(25)27)18(12-13-23-20)17-10-8-16(9-11-17)15-6-4-3-5-7-15/h3-14H,1-2H3,(H,24,26,27)/p+1. The minimum absolute atomic E-state index is 0.0798. The van der Waals surface area contributed by atoms with E-state index in [1.165, 1.54) is 0 Å². The highest BCUT2D eigenvalue weighted by Crippen LogP contribution is 2.27. The van der Waals surface area contributed by atoms with Gasteiger partial charge in [-0.2, -0.15) is 4.57 Å². The Morgan fingerprint density at radius 1 is 0.852 bits per heavy atom. The number of aromatic nitrogens is 3. The van der Waals surface area contributed by atoms with Crippen molar-refractivity contribution in [1.82, 2.24) is 9.55 Å². The monoisotopic (exact) mass is 358 g/mol. The first-order chi connectivity index (χ1) is 13.1. The first-order valence-corrected chi connectivity index (χ1v) is 8.91. The van der Waals surface area contributed by atoms with Crippen molar-refractivity contribution in [3.8, 4) is 22.3 Å². The lowest BCUT2D eigenvalue weighted by molar-refractivity contribution is -0.350. The van der Waals surface area contributed by atoms with Gasteiger partial charge < -0.3 is 0 Å². The third-order valence-electron chi connectivity index (χ3n) is 4.70. The molecule has 0 aliphatic rings. The zero-order chi connectivity index (χ0) is 19.0. The summed E-state index contributed by atoms with van der Waals surface area (Å²) in [5.41, 5.74) is 3.71. The summed E-state index contributed by atoms with van der Waals surface area (Å²) in [5.74, 6) is 0. The largest absolute Gasteiger partial charge is 0.416 e. The first-order valence-electron chi connectivity index (χ1n) is 8.91. The molecule has 4 aromatic rings. The lowest BCUT2D eigenvalue weighted by atomic mass is 9.99. The average Bonchev–Trinajstić information content (AvgIpc) is 2.68. The van der Waals surface area contributed by atoms with Crippen LogP contribution in [0.15, 0.2) is 76.4 Å². The molecule has 2 heterocycles. The summed E-state index contributed by atoms with van der Waals surface area (Å²) in [4.78, 5) is 30.3. The van der Waals surface area contributed by atoms with E-state index in [0.717, 1.165) is 22.3 Å². The maximum atomic E-state index is 12.6. The molecule has 0 aliphatic heterocycles. The van der Waals surface area contributed by atoms with Gasteiger partial charge in [0.2, 0.25) is 0 Å². The molecule has 5 nitrogen and oxygen atoms in total. The number of aromatic amines is 2. The fourth-order valence-corrected chi connectivity index (χ4v) is 3.43. The Morgan fingerprint density at radius 3 is 2.15 bits per heavy atom. The number of pyridine rings is 1. The van der Waals surface area contributed by atoms with Crippen molar-refractivity contribution in [1.29, 1.82) is 0 Å². The van der Waals surface area contributed by atoms with Crippen molar-refractivity contribution in [2.75, 3.05) is 0 Å². The average molecular weight is 358 g/mol. The van der Waals surface area contributed by atoms with Gasteiger partial charge in [0, 0.05) is 5.56 Å². The molecule has 0 fully saturated rings. The predicted octanol–water partition coefficient (Wildman–Crippen LogP) is 3.42. The van der Waals surface area contributed by atoms with Gasteiger partial charge in [0.05, 0.1) is 6.20 Å². The summed E-state index contributed by atoms with van der Waals surface area (Å²) < 4.78 is 1.57. The van der Waals surface area contributed by atoms with Crippen LogP contribution in [-0.4, -0.2) is 9.55 Å². The smallest absolute Gasteiger partial charge is 0.268 e. The Morgan fingerprint density at radius 2 is 1.48 bits per heavy atom. The second-order valence-electron chi connectivity index (χ2n) is 6.78. The molecule has 2 aromatic heterocycles. The molecule has 134 valence electrons. The van der Waals surface area contributed by atoms with E-state index in [4.69, 9.17) is 0 Å². The van der Waals surface area contributed by atoms with Crippen LogP contribution < -0.4 is 16.2 Å². The number of hydrogen-bond donors (Lipinski definition) is 1. The summed E-state index contributed by atoms with van der Waals surface area (Å²) in [6.07, 6.45) is 1.76. The topological polar surface area (TPSA) is 69.0 Å². The highest BCUT2D eigenvalue weighted by atomic mass is 16.2. The van der Waals surface area contributed by atoms with Gasteiger partial charge in [0.15, 0.2) is 0 Å². The number of hydrogen-bond acceptors (Lipinski definition) is 2. The SMILES string of the molecule is CC(C)n1c(=O)[nH]c(=O)c2c(-c3ccc(-c4ccccc4)cc3)cc[nH+]c21. The number of rotatable bonds is 3. The fraction of sp³-hybridized carbons (Fsp3) is 0.136. The molecule has 2 aromatic carbocycles. The maximum absolute atomic E-state index is 12.6. The van der Waals surface area contributed by atoms with E-state index in [-0.39, 0.29) is 11.6 Å². The van der Waals surface area contributed by atoms with Crippen LogP contribution in [0.25, 0.3) is 33.3 Å². The fourth-order valence-electron chi connectivity index (χ4n) is 3.43. The molecule has 0 saturated heterocycles.